The van der Waals surface area contributed by atoms with Crippen molar-refractivity contribution in [2.24, 2.45) is 28.2 Å². The maximum absolute atomic E-state index is 8.89. The lowest BCUT2D eigenvalue weighted by Crippen LogP contribution is -2.33. The molecule has 0 saturated carbocycles. The number of aromatic nitrogens is 4. The molecule has 1 saturated heterocycles. The third-order valence-electron chi connectivity index (χ3n) is 6.52. The van der Waals surface area contributed by atoms with Gasteiger partial charge >= 0.3 is 0 Å². The molecule has 43 heavy (non-hydrogen) atoms. The summed E-state index contributed by atoms with van der Waals surface area (Å²) in [7, 11) is 7.84. The molecule has 0 aliphatic carbocycles. The minimum atomic E-state index is 0.185. The van der Waals surface area contributed by atoms with E-state index in [0.29, 0.717) is 11.1 Å². The fraction of sp³-hybridized carbons (Fsp3) is 0.412. The second kappa shape index (κ2) is 20.0. The molecule has 0 amide bonds. The van der Waals surface area contributed by atoms with Crippen LogP contribution in [0.15, 0.2) is 91.9 Å². The summed E-state index contributed by atoms with van der Waals surface area (Å²) in [5.41, 5.74) is 2.77. The molecular weight excluding hydrogens is 583 g/mol. The van der Waals surface area contributed by atoms with Crippen LogP contribution in [0.25, 0.3) is 0 Å². The zero-order valence-corrected chi connectivity index (χ0v) is 27.9. The summed E-state index contributed by atoms with van der Waals surface area (Å²) in [5, 5.41) is 10.2. The van der Waals surface area contributed by atoms with Crippen LogP contribution in [0, 0.1) is 0 Å². The van der Waals surface area contributed by atoms with E-state index in [0.717, 1.165) is 37.2 Å². The first-order valence-electron chi connectivity index (χ1n) is 14.6. The lowest BCUT2D eigenvalue weighted by molar-refractivity contribution is -0.679. The third-order valence-corrected chi connectivity index (χ3v) is 6.95. The van der Waals surface area contributed by atoms with Crippen molar-refractivity contribution in [3.05, 3.63) is 113 Å². The van der Waals surface area contributed by atoms with E-state index < -0.39 is 0 Å². The molecular formula is C34H48Cl2N4O3+4. The maximum atomic E-state index is 8.89. The highest BCUT2D eigenvalue weighted by molar-refractivity contribution is 6.30. The molecule has 5 heterocycles. The largest absolute Gasteiger partial charge is 0.503 e. The second-order valence-corrected chi connectivity index (χ2v) is 11.6. The van der Waals surface area contributed by atoms with E-state index in [1.165, 1.54) is 30.2 Å². The zero-order valence-electron chi connectivity index (χ0n) is 26.4. The second-order valence-electron chi connectivity index (χ2n) is 10.7. The number of aromatic hydroxyl groups is 1. The summed E-state index contributed by atoms with van der Waals surface area (Å²) in [6, 6.07) is 15.9. The minimum Gasteiger partial charge on any atom is -0.503 e. The van der Waals surface area contributed by atoms with Crippen molar-refractivity contribution in [1.29, 1.82) is 0 Å². The summed E-state index contributed by atoms with van der Waals surface area (Å²) in [4.78, 5) is 0. The van der Waals surface area contributed by atoms with Crippen molar-refractivity contribution in [3.63, 3.8) is 0 Å². The number of hydrogen-bond acceptors (Lipinski definition) is 3. The van der Waals surface area contributed by atoms with Gasteiger partial charge in [-0.05, 0) is 44.2 Å². The molecule has 1 fully saturated rings. The molecule has 0 atom stereocenters. The first-order chi connectivity index (χ1) is 20.5. The molecule has 4 aromatic rings. The van der Waals surface area contributed by atoms with Crippen LogP contribution in [-0.4, -0.2) is 31.0 Å². The molecule has 1 aliphatic rings. The Balaban J connectivity index is 0.000000204. The number of aryl methyl sites for hydroxylation is 4. The van der Waals surface area contributed by atoms with Gasteiger partial charge in [0.2, 0.25) is 6.20 Å². The van der Waals surface area contributed by atoms with E-state index in [9.17, 15) is 0 Å². The van der Waals surface area contributed by atoms with Gasteiger partial charge in [0.05, 0.1) is 19.1 Å². The third kappa shape index (κ3) is 15.8. The fourth-order valence-corrected chi connectivity index (χ4v) is 4.73. The van der Waals surface area contributed by atoms with Crippen molar-refractivity contribution in [1.82, 2.24) is 0 Å². The van der Waals surface area contributed by atoms with Crippen molar-refractivity contribution in [2.75, 3.05) is 19.8 Å². The summed E-state index contributed by atoms with van der Waals surface area (Å²) >= 11 is 11.2. The Morgan fingerprint density at radius 1 is 0.814 bits per heavy atom. The van der Waals surface area contributed by atoms with Gasteiger partial charge in [-0.2, -0.15) is 0 Å². The van der Waals surface area contributed by atoms with Crippen molar-refractivity contribution >= 4 is 23.2 Å². The van der Waals surface area contributed by atoms with Gasteiger partial charge in [0, 0.05) is 49.6 Å². The molecule has 1 aliphatic heterocycles. The van der Waals surface area contributed by atoms with Crippen molar-refractivity contribution in [2.45, 2.75) is 45.1 Å². The first-order valence-corrected chi connectivity index (χ1v) is 15.3. The van der Waals surface area contributed by atoms with E-state index >= 15 is 0 Å². The predicted octanol–water partition coefficient (Wildman–Crippen LogP) is 4.92. The van der Waals surface area contributed by atoms with E-state index in [1.54, 1.807) is 24.0 Å². The van der Waals surface area contributed by atoms with Crippen LogP contribution in [0.1, 0.15) is 43.9 Å². The van der Waals surface area contributed by atoms with Crippen molar-refractivity contribution in [3.8, 4) is 5.75 Å². The Labute approximate surface area is 267 Å². The summed E-state index contributed by atoms with van der Waals surface area (Å²) in [5.74, 6) is 0.903. The van der Waals surface area contributed by atoms with Crippen LogP contribution in [0.4, 0.5) is 0 Å². The molecule has 0 aromatic carbocycles. The number of rotatable bonds is 5. The molecule has 1 N–H and O–H groups in total. The smallest absolute Gasteiger partial charge is 0.210 e. The topological polar surface area (TPSA) is 54.2 Å². The van der Waals surface area contributed by atoms with E-state index in [2.05, 4.69) is 72.9 Å². The van der Waals surface area contributed by atoms with E-state index in [-0.39, 0.29) is 5.75 Å². The molecule has 0 bridgehead atoms. The van der Waals surface area contributed by atoms with Gasteiger partial charge in [0.25, 0.3) is 0 Å². The number of nitrogens with zero attached hydrogens (tertiary/aromatic N) is 4. The van der Waals surface area contributed by atoms with Crippen LogP contribution in [0.2, 0.25) is 10.0 Å². The van der Waals surface area contributed by atoms with E-state index in [4.69, 9.17) is 37.8 Å². The Morgan fingerprint density at radius 2 is 1.49 bits per heavy atom. The summed E-state index contributed by atoms with van der Waals surface area (Å²) in [6.45, 7) is 6.77. The van der Waals surface area contributed by atoms with Gasteiger partial charge in [-0.3, -0.25) is 0 Å². The number of pyridine rings is 4. The highest BCUT2D eigenvalue weighted by atomic mass is 35.5. The lowest BCUT2D eigenvalue weighted by Gasteiger charge is -2.21. The molecule has 4 aromatic heterocycles. The standard InChI is InChI=1S/C11H16NO.C11H18NO.C6H6ClNO.C6H7ClN/c1-12-6-2-10(3-7-12)11-4-8-13-9-5-11;1-10(2)13-9-7-11-6-4-5-8-12(11)3;1-8-3-5(7)2-6(9)4-8;1-8-4-2-3-6(7)5-8/h2-3,6-7,11H,4-5,8-9H2,1H3;4-6,8,10H,7,9H2,1-3H3;2-4H,1H3;2-5H,1H3/q2*+1;;+1/p+1. The molecule has 7 nitrogen and oxygen atoms in total. The fourth-order valence-electron chi connectivity index (χ4n) is 4.24. The van der Waals surface area contributed by atoms with Crippen LogP contribution in [0.5, 0.6) is 5.75 Å². The average Bonchev–Trinajstić information content (AvgIpc) is 2.95. The quantitative estimate of drug-likeness (QED) is 0.319. The highest BCUT2D eigenvalue weighted by Crippen LogP contribution is 2.25. The maximum Gasteiger partial charge on any atom is 0.210 e. The van der Waals surface area contributed by atoms with Gasteiger partial charge in [0.1, 0.15) is 38.2 Å². The normalized spacial score (nSPS) is 12.7. The molecule has 5 rings (SSSR count). The molecule has 0 spiro atoms. The van der Waals surface area contributed by atoms with Crippen LogP contribution < -0.4 is 18.3 Å². The first kappa shape index (κ1) is 36.1. The SMILES string of the molecule is CC(C)OCCc1cccc[n+]1C.C[n+]1cc(O)cc(Cl)c1.C[n+]1ccc(C2CCOCC2)cc1.C[n+]1cccc(Cl)c1. The lowest BCUT2D eigenvalue weighted by atomic mass is 9.93. The summed E-state index contributed by atoms with van der Waals surface area (Å²) < 4.78 is 18.6. The molecule has 232 valence electrons. The number of hydrogen-bond donors (Lipinski definition) is 1. The Morgan fingerprint density at radius 3 is 2.02 bits per heavy atom. The van der Waals surface area contributed by atoms with Crippen LogP contribution in [0.3, 0.4) is 0 Å². The Bertz CT molecular complexity index is 1280. The van der Waals surface area contributed by atoms with Gasteiger partial charge in [-0.15, -0.1) is 0 Å². The predicted molar refractivity (Wildman–Crippen MR) is 170 cm³/mol. The van der Waals surface area contributed by atoms with Crippen molar-refractivity contribution < 1.29 is 32.8 Å². The van der Waals surface area contributed by atoms with Crippen LogP contribution >= 0.6 is 23.2 Å². The Kier molecular flexibility index (Phi) is 16.8. The van der Waals surface area contributed by atoms with Gasteiger partial charge < -0.3 is 14.6 Å². The van der Waals surface area contributed by atoms with Gasteiger partial charge in [-0.25, -0.2) is 18.3 Å². The monoisotopic (exact) mass is 630 g/mol. The number of halogens is 2. The molecule has 0 radical (unpaired) electrons. The van der Waals surface area contributed by atoms with Gasteiger partial charge in [0.15, 0.2) is 48.6 Å². The number of ether oxygens (including phenoxy) is 2. The highest BCUT2D eigenvalue weighted by Gasteiger charge is 2.16. The van der Waals surface area contributed by atoms with Gasteiger partial charge in [-0.1, -0.05) is 29.3 Å². The summed E-state index contributed by atoms with van der Waals surface area (Å²) in [6.07, 6.45) is 17.0. The van der Waals surface area contributed by atoms with E-state index in [1.807, 2.05) is 49.3 Å². The zero-order chi connectivity index (χ0) is 31.6. The molecule has 0 unspecified atom stereocenters. The Hall–Kier alpha value is -3.10. The minimum absolute atomic E-state index is 0.185. The average molecular weight is 632 g/mol. The molecule has 9 heteroatoms. The van der Waals surface area contributed by atoms with Crippen LogP contribution in [-0.2, 0) is 44.1 Å².